The van der Waals surface area contributed by atoms with E-state index in [-0.39, 0.29) is 25.5 Å². The van der Waals surface area contributed by atoms with E-state index in [1.54, 1.807) is 0 Å². The molecule has 8 N–H and O–H groups in total. The smallest absolute Gasteiger partial charge is 0.220 e. The Morgan fingerprint density at radius 2 is 0.836 bits per heavy atom. The van der Waals surface area contributed by atoms with Crippen LogP contribution in [0.4, 0.5) is 0 Å². The standard InChI is InChI=1S/C52H104N2O7/c1-3-5-7-9-11-13-15-17-18-19-20-21-22-23-24-25-26-27-28-30-32-34-36-38-40-48(57)54-46(42-53-45-41-44(43-55)49(58)52(61)51(45)60)50(59)47(56)39-37-35-33-31-29-16-14-12-10-8-6-4-2/h44-47,49-53,55-56,58-61H,3-43H2,1-2H3,(H,54,57)/t44-,45+,46+,47-,49+,50+,51+,52+/m1/s1. The number of hydrogen-bond acceptors (Lipinski definition) is 8. The first-order chi connectivity index (χ1) is 29.8. The molecule has 61 heavy (non-hydrogen) atoms. The molecule has 1 aliphatic carbocycles. The molecule has 364 valence electrons. The third kappa shape index (κ3) is 31.7. The third-order valence-electron chi connectivity index (χ3n) is 13.7. The van der Waals surface area contributed by atoms with Crippen LogP contribution in [0.25, 0.3) is 0 Å². The minimum Gasteiger partial charge on any atom is -0.396 e. The summed E-state index contributed by atoms with van der Waals surface area (Å²) in [4.78, 5) is 13.1. The van der Waals surface area contributed by atoms with E-state index in [0.29, 0.717) is 12.8 Å². The van der Waals surface area contributed by atoms with Crippen LogP contribution >= 0.6 is 0 Å². The van der Waals surface area contributed by atoms with Gasteiger partial charge in [-0.05, 0) is 19.3 Å². The number of aliphatic hydroxyl groups excluding tert-OH is 6. The molecule has 0 aliphatic heterocycles. The summed E-state index contributed by atoms with van der Waals surface area (Å²) in [7, 11) is 0. The van der Waals surface area contributed by atoms with Gasteiger partial charge in [-0.3, -0.25) is 4.79 Å². The van der Waals surface area contributed by atoms with Crippen LogP contribution < -0.4 is 10.6 Å². The van der Waals surface area contributed by atoms with Gasteiger partial charge in [0, 0.05) is 31.5 Å². The maximum absolute atomic E-state index is 13.1. The molecule has 0 radical (unpaired) electrons. The molecule has 9 nitrogen and oxygen atoms in total. The first kappa shape index (κ1) is 58.2. The zero-order valence-electron chi connectivity index (χ0n) is 40.2. The first-order valence-corrected chi connectivity index (χ1v) is 26.8. The van der Waals surface area contributed by atoms with Gasteiger partial charge >= 0.3 is 0 Å². The minimum absolute atomic E-state index is 0.0739. The quantitative estimate of drug-likeness (QED) is 0.0281. The van der Waals surface area contributed by atoms with Crippen LogP contribution in [-0.4, -0.2) is 92.3 Å². The van der Waals surface area contributed by atoms with Crippen molar-refractivity contribution in [1.29, 1.82) is 0 Å². The van der Waals surface area contributed by atoms with Crippen molar-refractivity contribution in [3.05, 3.63) is 0 Å². The summed E-state index contributed by atoms with van der Waals surface area (Å²) in [5, 5.41) is 69.3. The van der Waals surface area contributed by atoms with Crippen LogP contribution in [0.5, 0.6) is 0 Å². The van der Waals surface area contributed by atoms with Crippen molar-refractivity contribution in [2.45, 2.75) is 307 Å². The second-order valence-corrected chi connectivity index (χ2v) is 19.5. The monoisotopic (exact) mass is 869 g/mol. The third-order valence-corrected chi connectivity index (χ3v) is 13.7. The largest absolute Gasteiger partial charge is 0.396 e. The second-order valence-electron chi connectivity index (χ2n) is 19.5. The van der Waals surface area contributed by atoms with Crippen molar-refractivity contribution in [3.8, 4) is 0 Å². The number of nitrogens with one attached hydrogen (secondary N) is 2. The van der Waals surface area contributed by atoms with Gasteiger partial charge in [0.1, 0.15) is 12.2 Å². The molecule has 9 heteroatoms. The molecule has 1 rings (SSSR count). The molecule has 0 saturated heterocycles. The molecule has 0 aromatic heterocycles. The van der Waals surface area contributed by atoms with Gasteiger partial charge in [0.15, 0.2) is 0 Å². The van der Waals surface area contributed by atoms with E-state index in [1.165, 1.54) is 193 Å². The molecule has 1 fully saturated rings. The Bertz CT molecular complexity index is 941. The van der Waals surface area contributed by atoms with Gasteiger partial charge in [-0.25, -0.2) is 0 Å². The highest BCUT2D eigenvalue weighted by atomic mass is 16.4. The summed E-state index contributed by atoms with van der Waals surface area (Å²) in [5.41, 5.74) is 0. The highest BCUT2D eigenvalue weighted by Crippen LogP contribution is 2.26. The average Bonchev–Trinajstić information content (AvgIpc) is 3.26. The SMILES string of the molecule is CCCCCCCCCCCCCCCCCCCCCCCCCCC(=O)N[C@@H](CN[C@H]1C[C@H](CO)[C@H](O)[C@H](O)[C@H]1O)[C@H](O)[C@H](O)CCCCCCCCCCCCCC. The predicted octanol–water partition coefficient (Wildman–Crippen LogP) is 11.1. The predicted molar refractivity (Wildman–Crippen MR) is 256 cm³/mol. The van der Waals surface area contributed by atoms with Crippen molar-refractivity contribution < 1.29 is 35.4 Å². The zero-order chi connectivity index (χ0) is 44.6. The van der Waals surface area contributed by atoms with Gasteiger partial charge in [-0.1, -0.05) is 239 Å². The van der Waals surface area contributed by atoms with Crippen LogP contribution in [-0.2, 0) is 4.79 Å². The van der Waals surface area contributed by atoms with Crippen LogP contribution in [0.15, 0.2) is 0 Å². The lowest BCUT2D eigenvalue weighted by Gasteiger charge is -2.41. The van der Waals surface area contributed by atoms with Gasteiger partial charge in [-0.2, -0.15) is 0 Å². The molecule has 1 saturated carbocycles. The fraction of sp³-hybridized carbons (Fsp3) is 0.981. The Balaban J connectivity index is 2.24. The molecule has 0 bridgehead atoms. The highest BCUT2D eigenvalue weighted by Gasteiger charge is 2.42. The number of rotatable bonds is 45. The lowest BCUT2D eigenvalue weighted by molar-refractivity contribution is -0.131. The number of amides is 1. The molecule has 0 unspecified atom stereocenters. The van der Waals surface area contributed by atoms with Crippen LogP contribution in [0.2, 0.25) is 0 Å². The topological polar surface area (TPSA) is 163 Å². The van der Waals surface area contributed by atoms with Crippen molar-refractivity contribution in [2.75, 3.05) is 13.2 Å². The van der Waals surface area contributed by atoms with E-state index in [4.69, 9.17) is 0 Å². The van der Waals surface area contributed by atoms with Gasteiger partial charge in [0.25, 0.3) is 0 Å². The molecule has 8 atom stereocenters. The van der Waals surface area contributed by atoms with Gasteiger partial charge < -0.3 is 41.3 Å². The maximum atomic E-state index is 13.1. The Morgan fingerprint density at radius 3 is 1.20 bits per heavy atom. The summed E-state index contributed by atoms with van der Waals surface area (Å²) in [6.45, 7) is 4.28. The number of carbonyl (C=O) groups is 1. The van der Waals surface area contributed by atoms with Crippen LogP contribution in [0, 0.1) is 5.92 Å². The van der Waals surface area contributed by atoms with E-state index in [1.807, 2.05) is 0 Å². The van der Waals surface area contributed by atoms with E-state index in [0.717, 1.165) is 38.5 Å². The fourth-order valence-electron chi connectivity index (χ4n) is 9.41. The van der Waals surface area contributed by atoms with E-state index >= 15 is 0 Å². The molecule has 1 amide bonds. The Morgan fingerprint density at radius 1 is 0.492 bits per heavy atom. The van der Waals surface area contributed by atoms with Crippen molar-refractivity contribution in [3.63, 3.8) is 0 Å². The molecular formula is C52H104N2O7. The van der Waals surface area contributed by atoms with E-state index < -0.39 is 48.5 Å². The summed E-state index contributed by atoms with van der Waals surface area (Å²) < 4.78 is 0. The normalized spacial score (nSPS) is 20.8. The maximum Gasteiger partial charge on any atom is 0.220 e. The number of unbranched alkanes of at least 4 members (excludes halogenated alkanes) is 34. The Hall–Kier alpha value is -0.810. The summed E-state index contributed by atoms with van der Waals surface area (Å²) >= 11 is 0. The van der Waals surface area contributed by atoms with Gasteiger partial charge in [0.05, 0.1) is 24.4 Å². The van der Waals surface area contributed by atoms with Gasteiger partial charge in [-0.15, -0.1) is 0 Å². The summed E-state index contributed by atoms with van der Waals surface area (Å²) in [5.74, 6) is -0.774. The van der Waals surface area contributed by atoms with Crippen LogP contribution in [0.1, 0.15) is 264 Å². The Kier molecular flexibility index (Phi) is 39.9. The average molecular weight is 869 g/mol. The second kappa shape index (κ2) is 41.9. The van der Waals surface area contributed by atoms with Crippen molar-refractivity contribution >= 4 is 5.91 Å². The molecule has 0 spiro atoms. The van der Waals surface area contributed by atoms with Gasteiger partial charge in [0.2, 0.25) is 5.91 Å². The number of aliphatic hydroxyl groups is 6. The molecule has 1 aliphatic rings. The number of carbonyl (C=O) groups excluding carboxylic acids is 1. The van der Waals surface area contributed by atoms with E-state index in [9.17, 15) is 35.4 Å². The lowest BCUT2D eigenvalue weighted by atomic mass is 9.79. The fourth-order valence-corrected chi connectivity index (χ4v) is 9.41. The molecule has 0 heterocycles. The highest BCUT2D eigenvalue weighted by molar-refractivity contribution is 5.76. The minimum atomic E-state index is -1.42. The Labute approximate surface area is 376 Å². The van der Waals surface area contributed by atoms with Crippen LogP contribution in [0.3, 0.4) is 0 Å². The van der Waals surface area contributed by atoms with E-state index in [2.05, 4.69) is 24.5 Å². The van der Waals surface area contributed by atoms with Crippen molar-refractivity contribution in [2.24, 2.45) is 5.92 Å². The summed E-state index contributed by atoms with van der Waals surface area (Å²) in [6, 6.07) is -1.44. The lowest BCUT2D eigenvalue weighted by Crippen LogP contribution is -2.61. The molecule has 0 aromatic carbocycles. The molecule has 0 aromatic rings. The number of hydrogen-bond donors (Lipinski definition) is 8. The summed E-state index contributed by atoms with van der Waals surface area (Å²) in [6.07, 6.45) is 41.4. The first-order valence-electron chi connectivity index (χ1n) is 26.8. The van der Waals surface area contributed by atoms with Crippen molar-refractivity contribution in [1.82, 2.24) is 10.6 Å². The molecular weight excluding hydrogens is 765 g/mol. The zero-order valence-corrected chi connectivity index (χ0v) is 40.2.